The average Bonchev–Trinajstić information content (AvgIpc) is 2.25. The normalized spacial score (nSPS) is 52.0. The van der Waals surface area contributed by atoms with Gasteiger partial charge in [-0.25, -0.2) is 8.42 Å². The minimum Gasteiger partial charge on any atom is -0.298 e. The van der Waals surface area contributed by atoms with Gasteiger partial charge in [0.1, 0.15) is 5.25 Å². The van der Waals surface area contributed by atoms with Crippen molar-refractivity contribution in [3.8, 4) is 0 Å². The van der Waals surface area contributed by atoms with Crippen LogP contribution < -0.4 is 0 Å². The van der Waals surface area contributed by atoms with E-state index in [1.54, 1.807) is 0 Å². The standard InChI is InChI=1S/C14H20O3S/c15-13(12-1-2-18(12,16)17)14-6-9-3-10(7-14)5-11(4-9)8-14/h9-12H,1-8H2. The Labute approximate surface area is 108 Å². The molecule has 0 radical (unpaired) electrons. The van der Waals surface area contributed by atoms with E-state index in [-0.39, 0.29) is 17.0 Å². The summed E-state index contributed by atoms with van der Waals surface area (Å²) in [6, 6.07) is 0. The molecule has 5 rings (SSSR count). The Morgan fingerprint density at radius 1 is 0.944 bits per heavy atom. The molecule has 1 heterocycles. The van der Waals surface area contributed by atoms with Crippen LogP contribution in [0.25, 0.3) is 0 Å². The minimum atomic E-state index is -3.06. The molecule has 3 nitrogen and oxygen atoms in total. The maximum Gasteiger partial charge on any atom is 0.160 e. The van der Waals surface area contributed by atoms with Crippen molar-refractivity contribution < 1.29 is 13.2 Å². The van der Waals surface area contributed by atoms with Crippen molar-refractivity contribution in [2.45, 2.75) is 50.2 Å². The first-order chi connectivity index (χ1) is 8.48. The van der Waals surface area contributed by atoms with Crippen molar-refractivity contribution in [3.63, 3.8) is 0 Å². The van der Waals surface area contributed by atoms with Gasteiger partial charge in [-0.15, -0.1) is 0 Å². The molecule has 0 aromatic rings. The molecule has 1 atom stereocenters. The van der Waals surface area contributed by atoms with Crippen molar-refractivity contribution in [3.05, 3.63) is 0 Å². The Bertz CT molecular complexity index is 470. The van der Waals surface area contributed by atoms with Gasteiger partial charge < -0.3 is 0 Å². The zero-order chi connectivity index (χ0) is 12.5. The predicted molar refractivity (Wildman–Crippen MR) is 67.8 cm³/mol. The molecule has 4 bridgehead atoms. The molecule has 1 unspecified atom stereocenters. The van der Waals surface area contributed by atoms with Gasteiger partial charge in [-0.1, -0.05) is 0 Å². The zero-order valence-corrected chi connectivity index (χ0v) is 11.4. The quantitative estimate of drug-likeness (QED) is 0.769. The smallest absolute Gasteiger partial charge is 0.160 e. The first kappa shape index (κ1) is 11.4. The van der Waals surface area contributed by atoms with Crippen molar-refractivity contribution in [1.82, 2.24) is 0 Å². The second-order valence-corrected chi connectivity index (χ2v) is 9.51. The van der Waals surface area contributed by atoms with E-state index in [4.69, 9.17) is 0 Å². The van der Waals surface area contributed by atoms with Gasteiger partial charge in [-0.05, 0) is 62.7 Å². The third-order valence-corrected chi connectivity index (χ3v) is 8.07. The van der Waals surface area contributed by atoms with Crippen molar-refractivity contribution in [2.24, 2.45) is 23.2 Å². The summed E-state index contributed by atoms with van der Waals surface area (Å²) in [7, 11) is -3.06. The maximum atomic E-state index is 12.7. The first-order valence-electron chi connectivity index (χ1n) is 7.24. The van der Waals surface area contributed by atoms with Crippen LogP contribution in [-0.2, 0) is 14.6 Å². The lowest BCUT2D eigenvalue weighted by atomic mass is 9.48. The summed E-state index contributed by atoms with van der Waals surface area (Å²) in [6.45, 7) is 0. The van der Waals surface area contributed by atoms with E-state index < -0.39 is 15.1 Å². The summed E-state index contributed by atoms with van der Waals surface area (Å²) in [5, 5.41) is -0.631. The second-order valence-electron chi connectivity index (χ2n) is 7.21. The third-order valence-electron chi connectivity index (χ3n) is 5.95. The predicted octanol–water partition coefficient (Wildman–Crippen LogP) is 1.96. The number of carbonyl (C=O) groups is 1. The van der Waals surface area contributed by atoms with Gasteiger partial charge >= 0.3 is 0 Å². The highest BCUT2D eigenvalue weighted by molar-refractivity contribution is 7.94. The molecule has 0 N–H and O–H groups in total. The van der Waals surface area contributed by atoms with Gasteiger partial charge in [0.15, 0.2) is 15.6 Å². The monoisotopic (exact) mass is 268 g/mol. The van der Waals surface area contributed by atoms with Gasteiger partial charge in [-0.2, -0.15) is 0 Å². The molecule has 4 aliphatic carbocycles. The summed E-state index contributed by atoms with van der Waals surface area (Å²) in [5.74, 6) is 2.47. The van der Waals surface area contributed by atoms with Crippen LogP contribution in [0.4, 0.5) is 0 Å². The Kier molecular flexibility index (Phi) is 2.15. The van der Waals surface area contributed by atoms with Gasteiger partial charge in [0.2, 0.25) is 0 Å². The van der Waals surface area contributed by atoms with E-state index in [9.17, 15) is 13.2 Å². The van der Waals surface area contributed by atoms with Gasteiger partial charge in [0.05, 0.1) is 5.75 Å². The number of carbonyl (C=O) groups excluding carboxylic acids is 1. The zero-order valence-electron chi connectivity index (χ0n) is 10.6. The van der Waals surface area contributed by atoms with Crippen molar-refractivity contribution >= 4 is 15.6 Å². The molecule has 5 aliphatic rings. The molecular formula is C14H20O3S. The van der Waals surface area contributed by atoms with Crippen molar-refractivity contribution in [2.75, 3.05) is 5.75 Å². The molecule has 0 spiro atoms. The lowest BCUT2D eigenvalue weighted by Gasteiger charge is -2.56. The number of hydrogen-bond acceptors (Lipinski definition) is 3. The van der Waals surface area contributed by atoms with E-state index in [1.165, 1.54) is 19.3 Å². The van der Waals surface area contributed by atoms with E-state index in [0.717, 1.165) is 19.3 Å². The number of sulfone groups is 1. The Morgan fingerprint density at radius 2 is 1.44 bits per heavy atom. The van der Waals surface area contributed by atoms with Crippen LogP contribution in [0.5, 0.6) is 0 Å². The second kappa shape index (κ2) is 3.38. The Morgan fingerprint density at radius 3 is 1.78 bits per heavy atom. The molecule has 18 heavy (non-hydrogen) atoms. The topological polar surface area (TPSA) is 51.2 Å². The van der Waals surface area contributed by atoms with Gasteiger partial charge in [0.25, 0.3) is 0 Å². The molecule has 0 amide bonds. The van der Waals surface area contributed by atoms with Crippen molar-refractivity contribution in [1.29, 1.82) is 0 Å². The summed E-state index contributed by atoms with van der Waals surface area (Å²) in [6.07, 6.45) is 7.44. The molecule has 1 saturated heterocycles. The van der Waals surface area contributed by atoms with Crippen LogP contribution in [0.3, 0.4) is 0 Å². The van der Waals surface area contributed by atoms with Crippen LogP contribution in [0.1, 0.15) is 44.9 Å². The lowest BCUT2D eigenvalue weighted by Crippen LogP contribution is -2.56. The largest absolute Gasteiger partial charge is 0.298 e. The Balaban J connectivity index is 1.66. The summed E-state index contributed by atoms with van der Waals surface area (Å²) in [5.41, 5.74) is -0.229. The SMILES string of the molecule is O=C(C1CCS1(=O)=O)C12CC3CC(CC(C3)C1)C2. The molecule has 0 aromatic carbocycles. The Hall–Kier alpha value is -0.380. The van der Waals surface area contributed by atoms with E-state index >= 15 is 0 Å². The average molecular weight is 268 g/mol. The fourth-order valence-electron chi connectivity index (χ4n) is 5.48. The van der Waals surface area contributed by atoms with Gasteiger partial charge in [-0.3, -0.25) is 4.79 Å². The summed E-state index contributed by atoms with van der Waals surface area (Å²) >= 11 is 0. The summed E-state index contributed by atoms with van der Waals surface area (Å²) in [4.78, 5) is 12.7. The van der Waals surface area contributed by atoms with E-state index in [0.29, 0.717) is 24.2 Å². The van der Waals surface area contributed by atoms with Crippen LogP contribution in [0, 0.1) is 23.2 Å². The lowest BCUT2D eigenvalue weighted by molar-refractivity contribution is -0.143. The van der Waals surface area contributed by atoms with Crippen LogP contribution >= 0.6 is 0 Å². The summed E-state index contributed by atoms with van der Waals surface area (Å²) < 4.78 is 23.5. The van der Waals surface area contributed by atoms with E-state index in [1.807, 2.05) is 0 Å². The van der Waals surface area contributed by atoms with Gasteiger partial charge in [0, 0.05) is 5.41 Å². The highest BCUT2D eigenvalue weighted by atomic mass is 32.2. The fraction of sp³-hybridized carbons (Fsp3) is 0.929. The molecule has 0 aromatic heterocycles. The molecule has 4 saturated carbocycles. The molecule has 4 heteroatoms. The minimum absolute atomic E-state index is 0.104. The number of ketones is 1. The fourth-order valence-corrected chi connectivity index (χ4v) is 6.91. The van der Waals surface area contributed by atoms with E-state index in [2.05, 4.69) is 0 Å². The maximum absolute atomic E-state index is 12.7. The molecular weight excluding hydrogens is 248 g/mol. The third kappa shape index (κ3) is 1.41. The van der Waals surface area contributed by atoms with Crippen LogP contribution in [0.15, 0.2) is 0 Å². The molecule has 5 fully saturated rings. The van der Waals surface area contributed by atoms with Crippen LogP contribution in [0.2, 0.25) is 0 Å². The first-order valence-corrected chi connectivity index (χ1v) is 8.96. The number of rotatable bonds is 2. The highest BCUT2D eigenvalue weighted by Gasteiger charge is 2.58. The highest BCUT2D eigenvalue weighted by Crippen LogP contribution is 2.61. The number of Topliss-reactive ketones (excluding diaryl/α,β-unsaturated/α-hetero) is 1. The number of hydrogen-bond donors (Lipinski definition) is 0. The molecule has 1 aliphatic heterocycles. The molecule has 100 valence electrons. The van der Waals surface area contributed by atoms with Crippen LogP contribution in [-0.4, -0.2) is 25.2 Å².